The van der Waals surface area contributed by atoms with Gasteiger partial charge in [-0.25, -0.2) is 0 Å². The minimum absolute atomic E-state index is 0.0176. The van der Waals surface area contributed by atoms with Gasteiger partial charge >= 0.3 is 0 Å². The molecule has 1 amide bonds. The summed E-state index contributed by atoms with van der Waals surface area (Å²) < 4.78 is 2.23. The molecule has 7 heteroatoms. The van der Waals surface area contributed by atoms with E-state index >= 15 is 0 Å². The van der Waals surface area contributed by atoms with Crippen LogP contribution in [0, 0.1) is 0 Å². The lowest BCUT2D eigenvalue weighted by atomic mass is 10.2. The van der Waals surface area contributed by atoms with Crippen molar-refractivity contribution >= 4 is 29.0 Å². The molecule has 0 spiro atoms. The lowest BCUT2D eigenvalue weighted by Crippen LogP contribution is -2.24. The van der Waals surface area contributed by atoms with Crippen LogP contribution in [0.5, 0.6) is 0 Å². The molecule has 1 aromatic carbocycles. The van der Waals surface area contributed by atoms with Gasteiger partial charge in [-0.05, 0) is 29.9 Å². The molecule has 2 heterocycles. The molecule has 1 fully saturated rings. The molecule has 0 aliphatic heterocycles. The SMILES string of the molecule is O=C(CSc1nnc(Cc2cccs2)n1C1CC1)NCc1ccccc1. The average Bonchev–Trinajstić information content (AvgIpc) is 3.22. The molecule has 26 heavy (non-hydrogen) atoms. The third-order valence-electron chi connectivity index (χ3n) is 4.22. The van der Waals surface area contributed by atoms with Gasteiger partial charge in [-0.3, -0.25) is 4.79 Å². The second-order valence-corrected chi connectivity index (χ2v) is 8.28. The highest BCUT2D eigenvalue weighted by molar-refractivity contribution is 7.99. The van der Waals surface area contributed by atoms with E-state index in [0.717, 1.165) is 23.0 Å². The zero-order valence-corrected chi connectivity index (χ0v) is 15.9. The Hall–Kier alpha value is -2.12. The molecular formula is C19H20N4OS2. The number of hydrogen-bond acceptors (Lipinski definition) is 5. The van der Waals surface area contributed by atoms with Gasteiger partial charge in [-0.15, -0.1) is 21.5 Å². The zero-order valence-electron chi connectivity index (χ0n) is 14.3. The minimum atomic E-state index is 0.0176. The van der Waals surface area contributed by atoms with E-state index in [1.165, 1.54) is 29.5 Å². The summed E-state index contributed by atoms with van der Waals surface area (Å²) in [4.78, 5) is 13.5. The molecule has 1 aliphatic carbocycles. The monoisotopic (exact) mass is 384 g/mol. The van der Waals surface area contributed by atoms with E-state index in [1.807, 2.05) is 30.3 Å². The predicted octanol–water partition coefficient (Wildman–Crippen LogP) is 3.67. The Labute approximate surface area is 160 Å². The Morgan fingerprint density at radius 2 is 2.04 bits per heavy atom. The van der Waals surface area contributed by atoms with Crippen molar-refractivity contribution in [3.63, 3.8) is 0 Å². The largest absolute Gasteiger partial charge is 0.351 e. The maximum atomic E-state index is 12.2. The van der Waals surface area contributed by atoms with Crippen molar-refractivity contribution < 1.29 is 4.79 Å². The summed E-state index contributed by atoms with van der Waals surface area (Å²) in [5.41, 5.74) is 1.10. The van der Waals surface area contributed by atoms with Crippen LogP contribution < -0.4 is 5.32 Å². The van der Waals surface area contributed by atoms with Gasteiger partial charge in [0.25, 0.3) is 0 Å². The molecule has 134 valence electrons. The number of aromatic nitrogens is 3. The summed E-state index contributed by atoms with van der Waals surface area (Å²) in [6.45, 7) is 0.555. The minimum Gasteiger partial charge on any atom is -0.351 e. The number of thiophene rings is 1. The third-order valence-corrected chi connectivity index (χ3v) is 6.04. The van der Waals surface area contributed by atoms with E-state index in [1.54, 1.807) is 11.3 Å². The number of benzene rings is 1. The highest BCUT2D eigenvalue weighted by Crippen LogP contribution is 2.39. The molecule has 1 N–H and O–H groups in total. The highest BCUT2D eigenvalue weighted by Gasteiger charge is 2.29. The summed E-state index contributed by atoms with van der Waals surface area (Å²) in [6, 6.07) is 14.6. The first kappa shape index (κ1) is 17.3. The van der Waals surface area contributed by atoms with Crippen molar-refractivity contribution in [2.45, 2.75) is 37.0 Å². The standard InChI is InChI=1S/C19H20N4OS2/c24-18(20-12-14-5-2-1-3-6-14)13-26-19-22-21-17(23(19)15-8-9-15)11-16-7-4-10-25-16/h1-7,10,15H,8-9,11-13H2,(H,20,24). The molecule has 0 radical (unpaired) electrons. The lowest BCUT2D eigenvalue weighted by Gasteiger charge is -2.08. The number of carbonyl (C=O) groups is 1. The lowest BCUT2D eigenvalue weighted by molar-refractivity contribution is -0.118. The van der Waals surface area contributed by atoms with Crippen LogP contribution in [0.4, 0.5) is 0 Å². The van der Waals surface area contributed by atoms with Crippen LogP contribution in [0.25, 0.3) is 0 Å². The fourth-order valence-electron chi connectivity index (χ4n) is 2.77. The van der Waals surface area contributed by atoms with Gasteiger partial charge in [0.15, 0.2) is 5.16 Å². The van der Waals surface area contributed by atoms with Crippen molar-refractivity contribution in [2.75, 3.05) is 5.75 Å². The number of carbonyl (C=O) groups excluding carboxylic acids is 1. The average molecular weight is 385 g/mol. The fourth-order valence-corrected chi connectivity index (χ4v) is 4.33. The molecule has 1 aliphatic rings. The molecule has 5 nitrogen and oxygen atoms in total. The van der Waals surface area contributed by atoms with Gasteiger partial charge in [0, 0.05) is 23.9 Å². The van der Waals surface area contributed by atoms with Crippen LogP contribution in [0.3, 0.4) is 0 Å². The number of rotatable bonds is 8. The molecule has 2 aromatic heterocycles. The van der Waals surface area contributed by atoms with Crippen molar-refractivity contribution in [2.24, 2.45) is 0 Å². The number of amides is 1. The van der Waals surface area contributed by atoms with E-state index in [-0.39, 0.29) is 5.91 Å². The molecule has 3 aromatic rings. The maximum absolute atomic E-state index is 12.2. The van der Waals surface area contributed by atoms with Crippen molar-refractivity contribution in [3.05, 3.63) is 64.1 Å². The van der Waals surface area contributed by atoms with E-state index < -0.39 is 0 Å². The Morgan fingerprint density at radius 1 is 1.19 bits per heavy atom. The van der Waals surface area contributed by atoms with Gasteiger partial charge in [0.05, 0.1) is 5.75 Å². The molecule has 0 bridgehead atoms. The van der Waals surface area contributed by atoms with Crippen molar-refractivity contribution in [1.29, 1.82) is 0 Å². The van der Waals surface area contributed by atoms with Gasteiger partial charge in [-0.1, -0.05) is 48.2 Å². The van der Waals surface area contributed by atoms with E-state index in [2.05, 4.69) is 37.6 Å². The summed E-state index contributed by atoms with van der Waals surface area (Å²) in [5, 5.41) is 14.6. The van der Waals surface area contributed by atoms with Gasteiger partial charge in [0.1, 0.15) is 5.82 Å². The van der Waals surface area contributed by atoms with Crippen molar-refractivity contribution in [1.82, 2.24) is 20.1 Å². The second-order valence-electron chi connectivity index (χ2n) is 6.31. The molecule has 4 rings (SSSR count). The maximum Gasteiger partial charge on any atom is 0.230 e. The Bertz CT molecular complexity index is 857. The normalized spacial score (nSPS) is 13.7. The Morgan fingerprint density at radius 3 is 2.77 bits per heavy atom. The fraction of sp³-hybridized carbons (Fsp3) is 0.316. The van der Waals surface area contributed by atoms with E-state index in [4.69, 9.17) is 0 Å². The quantitative estimate of drug-likeness (QED) is 0.602. The van der Waals surface area contributed by atoms with Gasteiger partial charge in [-0.2, -0.15) is 0 Å². The smallest absolute Gasteiger partial charge is 0.230 e. The van der Waals surface area contributed by atoms with Crippen molar-refractivity contribution in [3.8, 4) is 0 Å². The van der Waals surface area contributed by atoms with Crippen LogP contribution in [0.2, 0.25) is 0 Å². The Kier molecular flexibility index (Phi) is 5.36. The number of nitrogens with zero attached hydrogens (tertiary/aromatic N) is 3. The van der Waals surface area contributed by atoms with E-state index in [9.17, 15) is 4.79 Å². The first-order valence-electron chi connectivity index (χ1n) is 8.69. The zero-order chi connectivity index (χ0) is 17.8. The van der Waals surface area contributed by atoms with Crippen LogP contribution in [-0.4, -0.2) is 26.4 Å². The van der Waals surface area contributed by atoms with Gasteiger partial charge < -0.3 is 9.88 Å². The van der Waals surface area contributed by atoms with Crippen LogP contribution >= 0.6 is 23.1 Å². The molecule has 1 saturated carbocycles. The number of thioether (sulfide) groups is 1. The molecule has 0 unspecified atom stereocenters. The van der Waals surface area contributed by atoms with Crippen LogP contribution in [0.1, 0.15) is 35.1 Å². The number of nitrogens with one attached hydrogen (secondary N) is 1. The Balaban J connectivity index is 1.35. The summed E-state index contributed by atoms with van der Waals surface area (Å²) in [5.74, 6) is 1.38. The molecular weight excluding hydrogens is 364 g/mol. The van der Waals surface area contributed by atoms with E-state index in [0.29, 0.717) is 18.3 Å². The summed E-state index contributed by atoms with van der Waals surface area (Å²) in [6.07, 6.45) is 3.15. The predicted molar refractivity (Wildman–Crippen MR) is 104 cm³/mol. The first-order valence-corrected chi connectivity index (χ1v) is 10.6. The first-order chi connectivity index (χ1) is 12.8. The summed E-state index contributed by atoms with van der Waals surface area (Å²) >= 11 is 3.21. The molecule has 0 saturated heterocycles. The van der Waals surface area contributed by atoms with Gasteiger partial charge in [0.2, 0.25) is 5.91 Å². The topological polar surface area (TPSA) is 59.8 Å². The van der Waals surface area contributed by atoms with Crippen LogP contribution in [-0.2, 0) is 17.8 Å². The van der Waals surface area contributed by atoms with Crippen LogP contribution in [0.15, 0.2) is 53.0 Å². The third kappa shape index (κ3) is 4.34. The molecule has 0 atom stereocenters. The summed E-state index contributed by atoms with van der Waals surface area (Å²) in [7, 11) is 0. The second kappa shape index (κ2) is 8.05. The highest BCUT2D eigenvalue weighted by atomic mass is 32.2. The number of hydrogen-bond donors (Lipinski definition) is 1.